The number of hydrogen-bond donors (Lipinski definition) is 1. The fourth-order valence-electron chi connectivity index (χ4n) is 3.63. The summed E-state index contributed by atoms with van der Waals surface area (Å²) in [5, 5.41) is 7.27. The third-order valence-corrected chi connectivity index (χ3v) is 5.25. The summed E-state index contributed by atoms with van der Waals surface area (Å²) in [6.45, 7) is 0. The lowest BCUT2D eigenvalue weighted by molar-refractivity contribution is -0.157. The molecule has 0 spiro atoms. The van der Waals surface area contributed by atoms with Crippen LogP contribution in [0.15, 0.2) is 47.3 Å². The molecule has 0 saturated heterocycles. The molecule has 1 aromatic heterocycles. The Morgan fingerprint density at radius 2 is 1.82 bits per heavy atom. The molecule has 0 saturated carbocycles. The smallest absolute Gasteiger partial charge is 0.355 e. The lowest BCUT2D eigenvalue weighted by Gasteiger charge is -2.38. The van der Waals surface area contributed by atoms with Crippen molar-refractivity contribution in [3.8, 4) is 28.4 Å². The Balaban J connectivity index is 2.02. The average Bonchev–Trinajstić information content (AvgIpc) is 2.82. The van der Waals surface area contributed by atoms with Gasteiger partial charge in [0.2, 0.25) is 5.66 Å². The van der Waals surface area contributed by atoms with Gasteiger partial charge >= 0.3 is 11.9 Å². The van der Waals surface area contributed by atoms with Crippen molar-refractivity contribution in [2.75, 3.05) is 26.6 Å². The highest BCUT2D eigenvalue weighted by atomic mass is 19.1. The quantitative estimate of drug-likeness (QED) is 0.576. The topological polar surface area (TPSA) is 122 Å². The van der Waals surface area contributed by atoms with Crippen LogP contribution >= 0.6 is 0 Å². The Bertz CT molecular complexity index is 1310. The van der Waals surface area contributed by atoms with Gasteiger partial charge in [0.25, 0.3) is 5.56 Å². The summed E-state index contributed by atoms with van der Waals surface area (Å²) in [7, 11) is 3.79. The highest BCUT2D eigenvalue weighted by Crippen LogP contribution is 2.39. The highest BCUT2D eigenvalue weighted by Gasteiger charge is 2.50. The molecule has 4 rings (SSSR count). The van der Waals surface area contributed by atoms with Gasteiger partial charge in [0, 0.05) is 11.1 Å². The SMILES string of the molecule is COC(=O)C[C@@]1(C(=O)OC)Nc2cc(F)ccc2-c2nc(=O)c(-c3ccc(OC)cc3)nn21. The molecule has 10 nitrogen and oxygen atoms in total. The van der Waals surface area contributed by atoms with E-state index in [1.165, 1.54) is 19.2 Å². The number of aromatic nitrogens is 3. The Hall–Kier alpha value is -4.28. The third kappa shape index (κ3) is 3.67. The number of hydrogen-bond acceptors (Lipinski definition) is 9. The van der Waals surface area contributed by atoms with Gasteiger partial charge in [-0.3, -0.25) is 9.59 Å². The number of fused-ring (bicyclic) bond motifs is 3. The first-order chi connectivity index (χ1) is 15.8. The van der Waals surface area contributed by atoms with Crippen LogP contribution in [0.3, 0.4) is 0 Å². The predicted molar refractivity (Wildman–Crippen MR) is 114 cm³/mol. The number of rotatable bonds is 5. The minimum atomic E-state index is -1.99. The lowest BCUT2D eigenvalue weighted by Crippen LogP contribution is -2.55. The van der Waals surface area contributed by atoms with Gasteiger partial charge in [-0.1, -0.05) is 0 Å². The summed E-state index contributed by atoms with van der Waals surface area (Å²) >= 11 is 0. The lowest BCUT2D eigenvalue weighted by atomic mass is 9.99. The van der Waals surface area contributed by atoms with Crippen molar-refractivity contribution in [2.24, 2.45) is 0 Å². The van der Waals surface area contributed by atoms with Crippen molar-refractivity contribution >= 4 is 17.6 Å². The molecule has 0 bridgehead atoms. The van der Waals surface area contributed by atoms with E-state index in [0.717, 1.165) is 25.0 Å². The van der Waals surface area contributed by atoms with Crippen molar-refractivity contribution in [1.82, 2.24) is 14.8 Å². The number of nitrogens with one attached hydrogen (secondary N) is 1. The van der Waals surface area contributed by atoms with Gasteiger partial charge in [-0.25, -0.2) is 13.9 Å². The fourth-order valence-corrected chi connectivity index (χ4v) is 3.63. The summed E-state index contributed by atoms with van der Waals surface area (Å²) in [4.78, 5) is 42.4. The third-order valence-electron chi connectivity index (χ3n) is 5.25. The maximum absolute atomic E-state index is 14.0. The standard InChI is InChI=1S/C22H19FN4O6/c1-31-14-7-4-12(5-8-14)18-20(29)24-19-15-9-6-13(23)10-16(15)25-22(21(30)33-3,27(19)26-18)11-17(28)32-2/h4-10,25H,11H2,1-3H3/t22-/m1/s1. The van der Waals surface area contributed by atoms with Crippen molar-refractivity contribution in [3.63, 3.8) is 0 Å². The summed E-state index contributed by atoms with van der Waals surface area (Å²) in [6, 6.07) is 10.2. The Kier molecular flexibility index (Phi) is 5.54. The second-order valence-corrected chi connectivity index (χ2v) is 7.15. The van der Waals surface area contributed by atoms with Crippen LogP contribution in [-0.2, 0) is 24.7 Å². The molecule has 0 unspecified atom stereocenters. The number of nitrogens with zero attached hydrogens (tertiary/aromatic N) is 3. The molecule has 3 aromatic rings. The molecule has 33 heavy (non-hydrogen) atoms. The average molecular weight is 454 g/mol. The van der Waals surface area contributed by atoms with Gasteiger partial charge in [0.05, 0.1) is 27.0 Å². The molecule has 0 fully saturated rings. The molecule has 0 radical (unpaired) electrons. The molecular formula is C22H19FN4O6. The van der Waals surface area contributed by atoms with E-state index in [0.29, 0.717) is 16.9 Å². The molecule has 11 heteroatoms. The van der Waals surface area contributed by atoms with Crippen LogP contribution in [0.2, 0.25) is 0 Å². The van der Waals surface area contributed by atoms with Crippen molar-refractivity contribution < 1.29 is 28.2 Å². The van der Waals surface area contributed by atoms with Crippen LogP contribution in [0.1, 0.15) is 6.42 Å². The number of anilines is 1. The second kappa shape index (κ2) is 8.34. The van der Waals surface area contributed by atoms with Crippen molar-refractivity contribution in [3.05, 3.63) is 58.6 Å². The predicted octanol–water partition coefficient (Wildman–Crippen LogP) is 1.93. The number of methoxy groups -OCH3 is 3. The Morgan fingerprint density at radius 1 is 1.09 bits per heavy atom. The zero-order valence-corrected chi connectivity index (χ0v) is 17.9. The van der Waals surface area contributed by atoms with Crippen LogP contribution in [0, 0.1) is 5.82 Å². The normalized spacial score (nSPS) is 16.1. The Labute approximate surface area is 186 Å². The molecule has 2 heterocycles. The van der Waals surface area contributed by atoms with Gasteiger partial charge < -0.3 is 19.5 Å². The fraction of sp³-hybridized carbons (Fsp3) is 0.227. The van der Waals surface area contributed by atoms with E-state index in [-0.39, 0.29) is 17.2 Å². The molecule has 1 N–H and O–H groups in total. The molecule has 0 aliphatic carbocycles. The number of esters is 2. The van der Waals surface area contributed by atoms with Gasteiger partial charge in [-0.2, -0.15) is 10.1 Å². The minimum absolute atomic E-state index is 0.0414. The van der Waals surface area contributed by atoms with Crippen LogP contribution in [-0.4, -0.2) is 48.0 Å². The molecular weight excluding hydrogens is 435 g/mol. The van der Waals surface area contributed by atoms with Crippen LogP contribution in [0.25, 0.3) is 22.6 Å². The van der Waals surface area contributed by atoms with E-state index < -0.39 is 35.4 Å². The number of carbonyl (C=O) groups is 2. The van der Waals surface area contributed by atoms with Crippen LogP contribution in [0.5, 0.6) is 5.75 Å². The second-order valence-electron chi connectivity index (χ2n) is 7.15. The zero-order valence-electron chi connectivity index (χ0n) is 17.9. The summed E-state index contributed by atoms with van der Waals surface area (Å²) in [5.41, 5.74) is -1.89. The van der Waals surface area contributed by atoms with Gasteiger partial charge in [-0.05, 0) is 42.5 Å². The molecule has 1 aliphatic rings. The monoisotopic (exact) mass is 454 g/mol. The highest BCUT2D eigenvalue weighted by molar-refractivity contribution is 5.92. The Morgan fingerprint density at radius 3 is 2.45 bits per heavy atom. The van der Waals surface area contributed by atoms with Crippen LogP contribution < -0.4 is 15.6 Å². The van der Waals surface area contributed by atoms with Crippen molar-refractivity contribution in [2.45, 2.75) is 12.1 Å². The molecule has 0 amide bonds. The van der Waals surface area contributed by atoms with Gasteiger partial charge in [0.15, 0.2) is 11.5 Å². The largest absolute Gasteiger partial charge is 0.497 e. The number of halogens is 1. The van der Waals surface area contributed by atoms with E-state index in [4.69, 9.17) is 14.2 Å². The first-order valence-electron chi connectivity index (χ1n) is 9.72. The molecule has 170 valence electrons. The summed E-state index contributed by atoms with van der Waals surface area (Å²) < 4.78 is 30.0. The van der Waals surface area contributed by atoms with Gasteiger partial charge in [-0.15, -0.1) is 0 Å². The maximum atomic E-state index is 14.0. The number of benzene rings is 2. The summed E-state index contributed by atoms with van der Waals surface area (Å²) in [5.74, 6) is -1.76. The minimum Gasteiger partial charge on any atom is -0.497 e. The van der Waals surface area contributed by atoms with Crippen molar-refractivity contribution in [1.29, 1.82) is 0 Å². The van der Waals surface area contributed by atoms with E-state index in [1.54, 1.807) is 24.3 Å². The van der Waals surface area contributed by atoms with E-state index in [9.17, 15) is 18.8 Å². The van der Waals surface area contributed by atoms with E-state index >= 15 is 0 Å². The summed E-state index contributed by atoms with van der Waals surface area (Å²) in [6.07, 6.45) is -0.571. The number of carbonyl (C=O) groups excluding carboxylic acids is 2. The first-order valence-corrected chi connectivity index (χ1v) is 9.72. The maximum Gasteiger partial charge on any atom is 0.355 e. The van der Waals surface area contributed by atoms with E-state index in [2.05, 4.69) is 15.4 Å². The number of ether oxygens (including phenoxy) is 3. The first kappa shape index (κ1) is 21.9. The molecule has 2 aromatic carbocycles. The zero-order chi connectivity index (χ0) is 23.8. The van der Waals surface area contributed by atoms with E-state index in [1.807, 2.05) is 0 Å². The van der Waals surface area contributed by atoms with Gasteiger partial charge in [0.1, 0.15) is 18.0 Å². The van der Waals surface area contributed by atoms with Crippen LogP contribution in [0.4, 0.5) is 10.1 Å². The molecule has 1 atom stereocenters. The molecule has 1 aliphatic heterocycles.